The molecule has 0 aromatic heterocycles. The third-order valence-electron chi connectivity index (χ3n) is 2.47. The van der Waals surface area contributed by atoms with E-state index in [0.717, 1.165) is 0 Å². The number of carboxylic acid groups (broad SMARTS) is 1. The van der Waals surface area contributed by atoms with Crippen molar-refractivity contribution in [1.82, 2.24) is 5.32 Å². The van der Waals surface area contributed by atoms with Gasteiger partial charge in [0.05, 0.1) is 16.9 Å². The summed E-state index contributed by atoms with van der Waals surface area (Å²) in [5.41, 5.74) is 0.267. The number of carbonyl (C=O) groups is 2. The number of halogens is 2. The number of aliphatic carboxylic acids is 1. The van der Waals surface area contributed by atoms with Gasteiger partial charge in [-0.15, -0.1) is 0 Å². The Morgan fingerprint density at radius 1 is 1.47 bits per heavy atom. The predicted octanol–water partition coefficient (Wildman–Crippen LogP) is 2.85. The van der Waals surface area contributed by atoms with E-state index >= 15 is 0 Å². The lowest BCUT2D eigenvalue weighted by Gasteiger charge is -2.19. The zero-order valence-electron chi connectivity index (χ0n) is 10.1. The van der Waals surface area contributed by atoms with E-state index < -0.39 is 12.0 Å². The van der Waals surface area contributed by atoms with Gasteiger partial charge in [0.15, 0.2) is 0 Å². The summed E-state index contributed by atoms with van der Waals surface area (Å²) in [4.78, 5) is 22.3. The maximum absolute atomic E-state index is 11.4. The molecule has 0 bridgehead atoms. The number of hydrogen-bond acceptors (Lipinski definition) is 3. The highest BCUT2D eigenvalue weighted by Gasteiger charge is 2.22. The van der Waals surface area contributed by atoms with E-state index in [2.05, 4.69) is 21.2 Å². The summed E-state index contributed by atoms with van der Waals surface area (Å²) in [6.07, 6.45) is -0.120. The summed E-state index contributed by atoms with van der Waals surface area (Å²) < 4.78 is 0.344. The lowest BCUT2D eigenvalue weighted by molar-refractivity contribution is -0.137. The van der Waals surface area contributed by atoms with Gasteiger partial charge in [-0.1, -0.05) is 18.5 Å². The minimum absolute atomic E-state index is 0.132. The van der Waals surface area contributed by atoms with Gasteiger partial charge in [0.1, 0.15) is 5.75 Å². The Kier molecular flexibility index (Phi) is 5.62. The van der Waals surface area contributed by atoms with E-state index in [0.29, 0.717) is 9.50 Å². The summed E-state index contributed by atoms with van der Waals surface area (Å²) in [7, 11) is 0. The molecule has 0 fully saturated rings. The lowest BCUT2D eigenvalue weighted by Crippen LogP contribution is -2.29. The highest BCUT2D eigenvalue weighted by Crippen LogP contribution is 2.36. The maximum Gasteiger partial charge on any atom is 0.305 e. The van der Waals surface area contributed by atoms with E-state index in [9.17, 15) is 14.7 Å². The minimum Gasteiger partial charge on any atom is -0.506 e. The van der Waals surface area contributed by atoms with Gasteiger partial charge >= 0.3 is 5.97 Å². The van der Waals surface area contributed by atoms with E-state index in [-0.39, 0.29) is 30.1 Å². The smallest absolute Gasteiger partial charge is 0.305 e. The summed E-state index contributed by atoms with van der Waals surface area (Å²) in [5, 5.41) is 21.7. The molecule has 0 heterocycles. The fourth-order valence-corrected chi connectivity index (χ4v) is 2.40. The van der Waals surface area contributed by atoms with Crippen LogP contribution in [0, 0.1) is 0 Å². The standard InChI is InChI=1S/C12H13BrClNO4/c1-2-10(16)15-9(5-11(17)18)7-3-6(14)4-8(13)12(7)19/h3-4,9,19H,2,5H2,1H3,(H,15,16)(H,17,18). The molecule has 3 N–H and O–H groups in total. The molecule has 7 heteroatoms. The molecule has 5 nitrogen and oxygen atoms in total. The molecule has 0 saturated heterocycles. The monoisotopic (exact) mass is 349 g/mol. The molecule has 0 aliphatic heterocycles. The molecule has 0 saturated carbocycles. The zero-order chi connectivity index (χ0) is 14.6. The van der Waals surface area contributed by atoms with Gasteiger partial charge < -0.3 is 15.5 Å². The van der Waals surface area contributed by atoms with Crippen molar-refractivity contribution in [3.63, 3.8) is 0 Å². The number of phenols is 1. The number of carbonyl (C=O) groups excluding carboxylic acids is 1. The molecule has 1 amide bonds. The lowest BCUT2D eigenvalue weighted by atomic mass is 10.0. The first-order valence-electron chi connectivity index (χ1n) is 5.54. The molecule has 1 aromatic carbocycles. The molecule has 1 rings (SSSR count). The molecular weight excluding hydrogens is 337 g/mol. The largest absolute Gasteiger partial charge is 0.506 e. The van der Waals surface area contributed by atoms with E-state index in [1.807, 2.05) is 0 Å². The van der Waals surface area contributed by atoms with Crippen LogP contribution in [0.2, 0.25) is 5.02 Å². The van der Waals surface area contributed by atoms with Crippen molar-refractivity contribution in [2.45, 2.75) is 25.8 Å². The predicted molar refractivity (Wildman–Crippen MR) is 74.2 cm³/mol. The van der Waals surface area contributed by atoms with Crippen molar-refractivity contribution in [2.75, 3.05) is 0 Å². The molecule has 104 valence electrons. The van der Waals surface area contributed by atoms with Crippen molar-refractivity contribution in [2.24, 2.45) is 0 Å². The zero-order valence-corrected chi connectivity index (χ0v) is 12.5. The van der Waals surface area contributed by atoms with E-state index in [1.54, 1.807) is 6.92 Å². The molecule has 1 unspecified atom stereocenters. The van der Waals surface area contributed by atoms with Crippen LogP contribution in [0.1, 0.15) is 31.4 Å². The van der Waals surface area contributed by atoms with E-state index in [4.69, 9.17) is 16.7 Å². The first kappa shape index (κ1) is 15.8. The number of benzene rings is 1. The first-order chi connectivity index (χ1) is 8.85. The second-order valence-corrected chi connectivity index (χ2v) is 5.19. The van der Waals surface area contributed by atoms with Crippen LogP contribution >= 0.6 is 27.5 Å². The van der Waals surface area contributed by atoms with Crippen LogP contribution in [0.25, 0.3) is 0 Å². The molecule has 0 aliphatic carbocycles. The van der Waals surface area contributed by atoms with Crippen LogP contribution in [0.4, 0.5) is 0 Å². The molecule has 1 atom stereocenters. The Morgan fingerprint density at radius 2 is 2.11 bits per heavy atom. The van der Waals surface area contributed by atoms with Crippen LogP contribution in [0.3, 0.4) is 0 Å². The van der Waals surface area contributed by atoms with Crippen LogP contribution in [0.15, 0.2) is 16.6 Å². The summed E-state index contributed by atoms with van der Waals surface area (Å²) >= 11 is 8.99. The Labute approximate surface area is 123 Å². The van der Waals surface area contributed by atoms with Crippen molar-refractivity contribution in [3.05, 3.63) is 27.2 Å². The van der Waals surface area contributed by atoms with Gasteiger partial charge in [0, 0.05) is 17.0 Å². The van der Waals surface area contributed by atoms with Gasteiger partial charge in [-0.25, -0.2) is 0 Å². The maximum atomic E-state index is 11.4. The summed E-state index contributed by atoms with van der Waals surface area (Å²) in [5.74, 6) is -1.52. The topological polar surface area (TPSA) is 86.6 Å². The minimum atomic E-state index is -1.09. The summed E-state index contributed by atoms with van der Waals surface area (Å²) in [6.45, 7) is 1.65. The second-order valence-electron chi connectivity index (χ2n) is 3.90. The van der Waals surface area contributed by atoms with Crippen LogP contribution in [-0.2, 0) is 9.59 Å². The number of nitrogens with one attached hydrogen (secondary N) is 1. The van der Waals surface area contributed by atoms with Gasteiger partial charge in [0.25, 0.3) is 0 Å². The van der Waals surface area contributed by atoms with Crippen molar-refractivity contribution < 1.29 is 19.8 Å². The highest BCUT2D eigenvalue weighted by molar-refractivity contribution is 9.10. The van der Waals surface area contributed by atoms with Gasteiger partial charge in [-0.2, -0.15) is 0 Å². The number of aromatic hydroxyl groups is 1. The molecule has 0 spiro atoms. The number of amides is 1. The average molecular weight is 351 g/mol. The molecule has 0 radical (unpaired) electrons. The molecule has 0 aliphatic rings. The van der Waals surface area contributed by atoms with Crippen LogP contribution in [0.5, 0.6) is 5.75 Å². The van der Waals surface area contributed by atoms with Gasteiger partial charge in [-0.3, -0.25) is 9.59 Å². The van der Waals surface area contributed by atoms with Crippen molar-refractivity contribution in [3.8, 4) is 5.75 Å². The van der Waals surface area contributed by atoms with Crippen LogP contribution < -0.4 is 5.32 Å². The molecule has 1 aromatic rings. The number of phenolic OH excluding ortho intramolecular Hbond substituents is 1. The Morgan fingerprint density at radius 3 is 2.63 bits per heavy atom. The molecule has 19 heavy (non-hydrogen) atoms. The fourth-order valence-electron chi connectivity index (χ4n) is 1.56. The van der Waals surface area contributed by atoms with Crippen molar-refractivity contribution in [1.29, 1.82) is 0 Å². The first-order valence-corrected chi connectivity index (χ1v) is 6.71. The second kappa shape index (κ2) is 6.77. The van der Waals surface area contributed by atoms with Gasteiger partial charge in [-0.05, 0) is 28.1 Å². The number of carboxylic acids is 1. The van der Waals surface area contributed by atoms with Gasteiger partial charge in [0.2, 0.25) is 5.91 Å². The number of hydrogen-bond donors (Lipinski definition) is 3. The Bertz CT molecular complexity index is 507. The summed E-state index contributed by atoms with van der Waals surface area (Å²) in [6, 6.07) is 2.09. The highest BCUT2D eigenvalue weighted by atomic mass is 79.9. The Balaban J connectivity index is 3.16. The molecular formula is C12H13BrClNO4. The van der Waals surface area contributed by atoms with E-state index in [1.165, 1.54) is 12.1 Å². The SMILES string of the molecule is CCC(=O)NC(CC(=O)O)c1cc(Cl)cc(Br)c1O. The number of rotatable bonds is 5. The fraction of sp³-hybridized carbons (Fsp3) is 0.333. The Hall–Kier alpha value is -1.27. The quantitative estimate of drug-likeness (QED) is 0.762. The van der Waals surface area contributed by atoms with Crippen LogP contribution in [-0.4, -0.2) is 22.1 Å². The normalized spacial score (nSPS) is 11.9. The third kappa shape index (κ3) is 4.40. The van der Waals surface area contributed by atoms with Crippen molar-refractivity contribution >= 4 is 39.4 Å². The average Bonchev–Trinajstić information content (AvgIpc) is 2.32. The third-order valence-corrected chi connectivity index (χ3v) is 3.29.